The number of benzene rings is 2. The van der Waals surface area contributed by atoms with Crippen molar-refractivity contribution >= 4 is 33.6 Å². The largest absolute Gasteiger partial charge is 0.495 e. The predicted octanol–water partition coefficient (Wildman–Crippen LogP) is 3.72. The number of para-hydroxylation sites is 2. The molecule has 6 nitrogen and oxygen atoms in total. The lowest BCUT2D eigenvalue weighted by atomic mass is 9.95. The van der Waals surface area contributed by atoms with Crippen LogP contribution in [0.25, 0.3) is 0 Å². The maximum atomic E-state index is 13.0. The molecule has 0 aromatic heterocycles. The lowest BCUT2D eigenvalue weighted by Gasteiger charge is -2.29. The third kappa shape index (κ3) is 3.57. The van der Waals surface area contributed by atoms with Gasteiger partial charge in [0.25, 0.3) is 5.91 Å². The van der Waals surface area contributed by atoms with Gasteiger partial charge in [-0.05, 0) is 30.7 Å². The minimum Gasteiger partial charge on any atom is -0.495 e. The van der Waals surface area contributed by atoms with Crippen molar-refractivity contribution < 1.29 is 14.3 Å². The first-order chi connectivity index (χ1) is 12.5. The monoisotopic (exact) mass is 415 g/mol. The van der Waals surface area contributed by atoms with E-state index in [9.17, 15) is 9.59 Å². The molecule has 3 N–H and O–H groups in total. The molecule has 0 fully saturated rings. The first-order valence-electron chi connectivity index (χ1n) is 7.98. The first-order valence-corrected chi connectivity index (χ1v) is 8.77. The van der Waals surface area contributed by atoms with Gasteiger partial charge < -0.3 is 20.7 Å². The maximum Gasteiger partial charge on any atom is 0.319 e. The Morgan fingerprint density at radius 3 is 2.58 bits per heavy atom. The number of ether oxygens (including phenoxy) is 1. The van der Waals surface area contributed by atoms with Crippen LogP contribution in [0, 0.1) is 0 Å². The van der Waals surface area contributed by atoms with Gasteiger partial charge in [0.2, 0.25) is 0 Å². The van der Waals surface area contributed by atoms with Gasteiger partial charge in [0, 0.05) is 10.2 Å². The maximum absolute atomic E-state index is 13.0. The Kier molecular flexibility index (Phi) is 5.27. The Hall–Kier alpha value is -2.80. The number of halogens is 1. The molecule has 2 aromatic rings. The first kappa shape index (κ1) is 18.0. The lowest BCUT2D eigenvalue weighted by Crippen LogP contribution is -2.46. The molecular formula is C19H18BrN3O3. The van der Waals surface area contributed by atoms with E-state index in [1.165, 1.54) is 0 Å². The van der Waals surface area contributed by atoms with Gasteiger partial charge >= 0.3 is 6.03 Å². The number of allylic oxidation sites excluding steroid dienone is 1. The van der Waals surface area contributed by atoms with E-state index < -0.39 is 6.04 Å². The molecule has 0 aliphatic carbocycles. The smallest absolute Gasteiger partial charge is 0.319 e. The number of amides is 3. The second kappa shape index (κ2) is 7.61. The van der Waals surface area contributed by atoms with Gasteiger partial charge in [0.05, 0.1) is 24.4 Å². The van der Waals surface area contributed by atoms with Crippen LogP contribution in [0.3, 0.4) is 0 Å². The highest BCUT2D eigenvalue weighted by molar-refractivity contribution is 9.10. The van der Waals surface area contributed by atoms with Gasteiger partial charge in [-0.3, -0.25) is 4.79 Å². The summed E-state index contributed by atoms with van der Waals surface area (Å²) in [4.78, 5) is 25.0. The van der Waals surface area contributed by atoms with E-state index in [1.807, 2.05) is 36.4 Å². The predicted molar refractivity (Wildman–Crippen MR) is 103 cm³/mol. The second-order valence-electron chi connectivity index (χ2n) is 5.75. The second-order valence-corrected chi connectivity index (χ2v) is 6.60. The van der Waals surface area contributed by atoms with Crippen molar-refractivity contribution in [2.75, 3.05) is 12.4 Å². The highest BCUT2D eigenvalue weighted by Gasteiger charge is 2.32. The van der Waals surface area contributed by atoms with Crippen LogP contribution in [0.5, 0.6) is 5.75 Å². The highest BCUT2D eigenvalue weighted by atomic mass is 79.9. The fraction of sp³-hybridized carbons (Fsp3) is 0.158. The molecule has 26 heavy (non-hydrogen) atoms. The summed E-state index contributed by atoms with van der Waals surface area (Å²) < 4.78 is 6.09. The summed E-state index contributed by atoms with van der Waals surface area (Å²) in [5, 5.41) is 8.35. The van der Waals surface area contributed by atoms with Crippen molar-refractivity contribution in [1.29, 1.82) is 0 Å². The molecule has 3 amide bonds. The number of methoxy groups -OCH3 is 1. The van der Waals surface area contributed by atoms with E-state index in [-0.39, 0.29) is 11.9 Å². The summed E-state index contributed by atoms with van der Waals surface area (Å²) in [6, 6.07) is 13.7. The number of rotatable bonds is 4. The van der Waals surface area contributed by atoms with Gasteiger partial charge in [-0.25, -0.2) is 4.79 Å². The Bertz CT molecular complexity index is 895. The van der Waals surface area contributed by atoms with Crippen molar-refractivity contribution in [1.82, 2.24) is 10.6 Å². The van der Waals surface area contributed by atoms with Crippen LogP contribution in [-0.2, 0) is 4.79 Å². The van der Waals surface area contributed by atoms with Crippen molar-refractivity contribution in [2.24, 2.45) is 0 Å². The minimum atomic E-state index is -0.575. The molecule has 3 rings (SSSR count). The Balaban J connectivity index is 1.99. The van der Waals surface area contributed by atoms with E-state index >= 15 is 0 Å². The van der Waals surface area contributed by atoms with Crippen LogP contribution >= 0.6 is 15.9 Å². The van der Waals surface area contributed by atoms with Gasteiger partial charge in [0.1, 0.15) is 5.75 Å². The minimum absolute atomic E-state index is 0.319. The topological polar surface area (TPSA) is 79.5 Å². The molecule has 0 saturated carbocycles. The molecule has 134 valence electrons. The molecule has 1 atom stereocenters. The number of carbonyl (C=O) groups excluding carboxylic acids is 2. The molecule has 0 spiro atoms. The van der Waals surface area contributed by atoms with E-state index in [0.29, 0.717) is 22.7 Å². The molecule has 1 aliphatic rings. The molecule has 0 bridgehead atoms. The van der Waals surface area contributed by atoms with Gasteiger partial charge in [-0.2, -0.15) is 0 Å². The zero-order valence-corrected chi connectivity index (χ0v) is 15.9. The van der Waals surface area contributed by atoms with Gasteiger partial charge in [-0.15, -0.1) is 0 Å². The van der Waals surface area contributed by atoms with Crippen molar-refractivity contribution in [3.8, 4) is 5.75 Å². The Morgan fingerprint density at radius 1 is 1.15 bits per heavy atom. The van der Waals surface area contributed by atoms with Gasteiger partial charge in [0.15, 0.2) is 0 Å². The lowest BCUT2D eigenvalue weighted by molar-refractivity contribution is -0.113. The fourth-order valence-corrected chi connectivity index (χ4v) is 3.39. The van der Waals surface area contributed by atoms with E-state index in [1.54, 1.807) is 26.2 Å². The van der Waals surface area contributed by atoms with Crippen LogP contribution in [-0.4, -0.2) is 19.0 Å². The third-order valence-electron chi connectivity index (χ3n) is 4.09. The van der Waals surface area contributed by atoms with Crippen molar-refractivity contribution in [3.63, 3.8) is 0 Å². The Morgan fingerprint density at radius 2 is 1.85 bits per heavy atom. The summed E-state index contributed by atoms with van der Waals surface area (Å²) in [5.74, 6) is 0.240. The quantitative estimate of drug-likeness (QED) is 0.711. The molecule has 1 heterocycles. The summed E-state index contributed by atoms with van der Waals surface area (Å²) >= 11 is 3.49. The molecular weight excluding hydrogens is 398 g/mol. The average molecular weight is 416 g/mol. The number of hydrogen-bond donors (Lipinski definition) is 3. The molecule has 0 saturated heterocycles. The summed E-state index contributed by atoms with van der Waals surface area (Å²) in [7, 11) is 1.54. The molecule has 7 heteroatoms. The summed E-state index contributed by atoms with van der Waals surface area (Å²) in [6.45, 7) is 1.71. The number of anilines is 1. The zero-order chi connectivity index (χ0) is 18.7. The molecule has 2 aromatic carbocycles. The molecule has 0 radical (unpaired) electrons. The normalized spacial score (nSPS) is 16.6. The SMILES string of the molecule is COc1ccccc1NC(=O)C1=C(C)NC(=O)N[C@H]1c1ccccc1Br. The number of carbonyl (C=O) groups is 2. The van der Waals surface area contributed by atoms with Gasteiger partial charge in [-0.1, -0.05) is 46.3 Å². The average Bonchev–Trinajstić information content (AvgIpc) is 2.61. The van der Waals surface area contributed by atoms with E-state index in [2.05, 4.69) is 31.9 Å². The molecule has 1 aliphatic heterocycles. The number of urea groups is 1. The number of hydrogen-bond acceptors (Lipinski definition) is 3. The number of nitrogens with one attached hydrogen (secondary N) is 3. The summed E-state index contributed by atoms with van der Waals surface area (Å²) in [5.41, 5.74) is 2.29. The Labute approximate surface area is 159 Å². The van der Waals surface area contributed by atoms with Crippen molar-refractivity contribution in [2.45, 2.75) is 13.0 Å². The third-order valence-corrected chi connectivity index (χ3v) is 4.81. The fourth-order valence-electron chi connectivity index (χ4n) is 2.87. The van der Waals surface area contributed by atoms with E-state index in [0.717, 1.165) is 10.0 Å². The van der Waals surface area contributed by atoms with Crippen LogP contribution in [0.4, 0.5) is 10.5 Å². The van der Waals surface area contributed by atoms with Crippen LogP contribution in [0.15, 0.2) is 64.3 Å². The van der Waals surface area contributed by atoms with Crippen LogP contribution in [0.2, 0.25) is 0 Å². The zero-order valence-electron chi connectivity index (χ0n) is 14.3. The molecule has 0 unspecified atom stereocenters. The van der Waals surface area contributed by atoms with Crippen LogP contribution < -0.4 is 20.7 Å². The van der Waals surface area contributed by atoms with Crippen LogP contribution in [0.1, 0.15) is 18.5 Å². The summed E-state index contributed by atoms with van der Waals surface area (Å²) in [6.07, 6.45) is 0. The van der Waals surface area contributed by atoms with Crippen molar-refractivity contribution in [3.05, 3.63) is 69.8 Å². The standard InChI is InChI=1S/C19H18BrN3O3/c1-11-16(18(24)22-14-9-5-6-10-15(14)26-2)17(23-19(25)21-11)12-7-3-4-8-13(12)20/h3-10,17H,1-2H3,(H,22,24)(H2,21,23,25)/t17-/m0/s1. The van der Waals surface area contributed by atoms with E-state index in [4.69, 9.17) is 4.74 Å². The highest BCUT2D eigenvalue weighted by Crippen LogP contribution is 2.33.